The molecule has 0 saturated heterocycles. The molecule has 1 saturated carbocycles. The van der Waals surface area contributed by atoms with Gasteiger partial charge in [0, 0.05) is 18.2 Å². The van der Waals surface area contributed by atoms with E-state index in [4.69, 9.17) is 5.73 Å². The van der Waals surface area contributed by atoms with Crippen LogP contribution in [0.15, 0.2) is 48.5 Å². The van der Waals surface area contributed by atoms with E-state index in [0.717, 1.165) is 18.4 Å². The first-order valence-electron chi connectivity index (χ1n) is 9.13. The van der Waals surface area contributed by atoms with E-state index in [9.17, 15) is 14.4 Å². The van der Waals surface area contributed by atoms with Gasteiger partial charge in [0.25, 0.3) is 17.7 Å². The third-order valence-corrected chi connectivity index (χ3v) is 5.17. The maximum absolute atomic E-state index is 12.5. The van der Waals surface area contributed by atoms with Crippen LogP contribution in [0.1, 0.15) is 49.5 Å². The van der Waals surface area contributed by atoms with Gasteiger partial charge in [0.1, 0.15) is 0 Å². The van der Waals surface area contributed by atoms with Gasteiger partial charge >= 0.3 is 0 Å². The van der Waals surface area contributed by atoms with Gasteiger partial charge in [-0.05, 0) is 48.6 Å². The van der Waals surface area contributed by atoms with Crippen LogP contribution in [0.25, 0.3) is 0 Å². The summed E-state index contributed by atoms with van der Waals surface area (Å²) in [5.74, 6) is -0.313. The number of fused-ring (bicyclic) bond motifs is 1. The van der Waals surface area contributed by atoms with E-state index >= 15 is 0 Å². The molecule has 3 N–H and O–H groups in total. The molecule has 1 heterocycles. The first-order chi connectivity index (χ1) is 13.1. The van der Waals surface area contributed by atoms with Crippen molar-refractivity contribution in [3.63, 3.8) is 0 Å². The molecule has 1 fully saturated rings. The lowest BCUT2D eigenvalue weighted by Crippen LogP contribution is -2.41. The molecule has 0 spiro atoms. The van der Waals surface area contributed by atoms with Crippen molar-refractivity contribution in [3.8, 4) is 0 Å². The minimum Gasteiger partial charge on any atom is -0.348 e. The van der Waals surface area contributed by atoms with Crippen LogP contribution in [0.3, 0.4) is 0 Å². The molecule has 2 aliphatic rings. The number of rotatable bonds is 6. The van der Waals surface area contributed by atoms with Crippen molar-refractivity contribution < 1.29 is 14.4 Å². The van der Waals surface area contributed by atoms with Crippen molar-refractivity contribution >= 4 is 17.7 Å². The van der Waals surface area contributed by atoms with E-state index in [1.807, 2.05) is 6.07 Å². The molecule has 1 aliphatic carbocycles. The summed E-state index contributed by atoms with van der Waals surface area (Å²) in [6.07, 6.45) is 2.20. The Bertz CT molecular complexity index is 885. The van der Waals surface area contributed by atoms with Gasteiger partial charge in [-0.3, -0.25) is 19.3 Å². The molecule has 0 bridgehead atoms. The normalized spacial score (nSPS) is 17.0. The van der Waals surface area contributed by atoms with Gasteiger partial charge in [-0.15, -0.1) is 0 Å². The standard InChI is InChI=1S/C21H21N3O3/c22-11-18(14-8-9-14)23-19(25)15-5-3-4-13(10-15)12-24-20(26)16-6-1-2-7-17(16)21(24)27/h1-7,10,14,18H,8-9,11-12,22H2,(H,23,25). The van der Waals surface area contributed by atoms with Crippen LogP contribution in [0.4, 0.5) is 0 Å². The maximum Gasteiger partial charge on any atom is 0.261 e. The number of benzene rings is 2. The highest BCUT2D eigenvalue weighted by Gasteiger charge is 2.35. The Morgan fingerprint density at radius 2 is 1.74 bits per heavy atom. The summed E-state index contributed by atoms with van der Waals surface area (Å²) >= 11 is 0. The average Bonchev–Trinajstić information content (AvgIpc) is 3.51. The van der Waals surface area contributed by atoms with E-state index in [2.05, 4.69) is 5.32 Å². The van der Waals surface area contributed by atoms with Crippen molar-refractivity contribution in [2.75, 3.05) is 6.54 Å². The van der Waals surface area contributed by atoms with Crippen LogP contribution in [0.5, 0.6) is 0 Å². The fraction of sp³-hybridized carbons (Fsp3) is 0.286. The summed E-state index contributed by atoms with van der Waals surface area (Å²) in [5, 5.41) is 2.99. The molecule has 6 nitrogen and oxygen atoms in total. The lowest BCUT2D eigenvalue weighted by Gasteiger charge is -2.17. The number of nitrogens with zero attached hydrogens (tertiary/aromatic N) is 1. The largest absolute Gasteiger partial charge is 0.348 e. The van der Waals surface area contributed by atoms with Crippen molar-refractivity contribution in [2.45, 2.75) is 25.4 Å². The molecule has 6 heteroatoms. The monoisotopic (exact) mass is 363 g/mol. The van der Waals surface area contributed by atoms with Crippen molar-refractivity contribution in [1.29, 1.82) is 0 Å². The number of carbonyl (C=O) groups is 3. The smallest absolute Gasteiger partial charge is 0.261 e. The van der Waals surface area contributed by atoms with E-state index in [1.165, 1.54) is 4.90 Å². The molecule has 3 amide bonds. The summed E-state index contributed by atoms with van der Waals surface area (Å²) in [6, 6.07) is 13.8. The zero-order valence-electron chi connectivity index (χ0n) is 14.9. The van der Waals surface area contributed by atoms with Gasteiger partial charge in [-0.25, -0.2) is 0 Å². The lowest BCUT2D eigenvalue weighted by molar-refractivity contribution is 0.0642. The fourth-order valence-electron chi connectivity index (χ4n) is 3.50. The number of hydrogen-bond donors (Lipinski definition) is 2. The van der Waals surface area contributed by atoms with Gasteiger partial charge in [-0.2, -0.15) is 0 Å². The third kappa shape index (κ3) is 3.36. The van der Waals surface area contributed by atoms with Gasteiger partial charge in [0.15, 0.2) is 0 Å². The Balaban J connectivity index is 1.49. The molecular weight excluding hydrogens is 342 g/mol. The van der Waals surface area contributed by atoms with Gasteiger partial charge < -0.3 is 11.1 Å². The summed E-state index contributed by atoms with van der Waals surface area (Å²) in [7, 11) is 0. The highest BCUT2D eigenvalue weighted by atomic mass is 16.2. The highest BCUT2D eigenvalue weighted by molar-refractivity contribution is 6.21. The van der Waals surface area contributed by atoms with Crippen molar-refractivity contribution in [2.24, 2.45) is 11.7 Å². The second-order valence-electron chi connectivity index (χ2n) is 7.10. The van der Waals surface area contributed by atoms with Crippen LogP contribution < -0.4 is 11.1 Å². The summed E-state index contributed by atoms with van der Waals surface area (Å²) in [4.78, 5) is 38.8. The molecule has 2 aromatic rings. The number of imide groups is 1. The number of nitrogens with one attached hydrogen (secondary N) is 1. The molecule has 4 rings (SSSR count). The molecule has 1 aliphatic heterocycles. The van der Waals surface area contributed by atoms with Crippen molar-refractivity contribution in [3.05, 3.63) is 70.8 Å². The predicted molar refractivity (Wildman–Crippen MR) is 100 cm³/mol. The van der Waals surface area contributed by atoms with Crippen LogP contribution in [0, 0.1) is 5.92 Å². The van der Waals surface area contributed by atoms with Crippen LogP contribution in [-0.2, 0) is 6.54 Å². The Hall–Kier alpha value is -2.99. The van der Waals surface area contributed by atoms with Crippen LogP contribution in [-0.4, -0.2) is 35.2 Å². The Morgan fingerprint density at radius 3 is 2.33 bits per heavy atom. The number of nitrogens with two attached hydrogens (primary N) is 1. The molecule has 0 aromatic heterocycles. The minimum atomic E-state index is -0.303. The highest BCUT2D eigenvalue weighted by Crippen LogP contribution is 2.32. The molecule has 138 valence electrons. The van der Waals surface area contributed by atoms with Crippen LogP contribution >= 0.6 is 0 Å². The first-order valence-corrected chi connectivity index (χ1v) is 9.13. The van der Waals surface area contributed by atoms with Crippen LogP contribution in [0.2, 0.25) is 0 Å². The second kappa shape index (κ2) is 6.96. The van der Waals surface area contributed by atoms with E-state index in [0.29, 0.717) is 29.2 Å². The Morgan fingerprint density at radius 1 is 1.07 bits per heavy atom. The Labute approximate surface area is 157 Å². The summed E-state index contributed by atoms with van der Waals surface area (Å²) < 4.78 is 0. The van der Waals surface area contributed by atoms with E-state index in [-0.39, 0.29) is 30.3 Å². The minimum absolute atomic E-state index is 0.00241. The quantitative estimate of drug-likeness (QED) is 0.767. The SMILES string of the molecule is NCC(NC(=O)c1cccc(CN2C(=O)c3ccccc3C2=O)c1)C1CC1. The third-order valence-electron chi connectivity index (χ3n) is 5.17. The topological polar surface area (TPSA) is 92.5 Å². The van der Waals surface area contributed by atoms with Gasteiger partial charge in [0.2, 0.25) is 0 Å². The maximum atomic E-state index is 12.5. The second-order valence-corrected chi connectivity index (χ2v) is 7.10. The molecule has 0 radical (unpaired) electrons. The van der Waals surface area contributed by atoms with Crippen molar-refractivity contribution in [1.82, 2.24) is 10.2 Å². The van der Waals surface area contributed by atoms with Gasteiger partial charge in [-0.1, -0.05) is 24.3 Å². The molecule has 1 unspecified atom stereocenters. The average molecular weight is 363 g/mol. The van der Waals surface area contributed by atoms with E-state index < -0.39 is 0 Å². The number of amides is 3. The number of hydrogen-bond acceptors (Lipinski definition) is 4. The fourth-order valence-corrected chi connectivity index (χ4v) is 3.50. The number of carbonyl (C=O) groups excluding carboxylic acids is 3. The summed E-state index contributed by atoms with van der Waals surface area (Å²) in [6.45, 7) is 0.557. The zero-order chi connectivity index (χ0) is 19.0. The summed E-state index contributed by atoms with van der Waals surface area (Å²) in [5.41, 5.74) is 7.83. The lowest BCUT2D eigenvalue weighted by atomic mass is 10.1. The molecule has 1 atom stereocenters. The predicted octanol–water partition coefficient (Wildman–Crippen LogP) is 1.95. The first kappa shape index (κ1) is 17.4. The molecule has 2 aromatic carbocycles. The molecule has 27 heavy (non-hydrogen) atoms. The Kier molecular flexibility index (Phi) is 4.49. The van der Waals surface area contributed by atoms with Gasteiger partial charge in [0.05, 0.1) is 17.7 Å². The molecular formula is C21H21N3O3. The van der Waals surface area contributed by atoms with E-state index in [1.54, 1.807) is 42.5 Å². The zero-order valence-corrected chi connectivity index (χ0v) is 14.9.